The second-order valence-corrected chi connectivity index (χ2v) is 8.79. The quantitative estimate of drug-likeness (QED) is 0.528. The van der Waals surface area contributed by atoms with Crippen molar-refractivity contribution in [2.45, 2.75) is 13.1 Å². The highest BCUT2D eigenvalue weighted by atomic mass is 31.2. The monoisotopic (exact) mass is 192 g/mol. The zero-order valence-electron chi connectivity index (χ0n) is 6.69. The lowest BCUT2D eigenvalue weighted by Crippen LogP contribution is -2.18. The van der Waals surface area contributed by atoms with E-state index in [1.54, 1.807) is 11.4 Å². The summed E-state index contributed by atoms with van der Waals surface area (Å²) >= 11 is 0. The van der Waals surface area contributed by atoms with Gasteiger partial charge in [0.2, 0.25) is 0 Å². The Hall–Kier alpha value is -0.153. The van der Waals surface area contributed by atoms with Crippen LogP contribution in [-0.4, -0.2) is 17.9 Å². The summed E-state index contributed by atoms with van der Waals surface area (Å²) < 4.78 is 10.4. The normalized spacial score (nSPS) is 13.8. The maximum Gasteiger partial charge on any atom is 0.348 e. The van der Waals surface area contributed by atoms with Crippen molar-refractivity contribution in [1.29, 1.82) is 0 Å². The van der Waals surface area contributed by atoms with Crippen molar-refractivity contribution in [2.24, 2.45) is 0 Å². The molecule has 0 saturated heterocycles. The van der Waals surface area contributed by atoms with Gasteiger partial charge >= 0.3 is 7.60 Å². The van der Waals surface area contributed by atoms with Crippen LogP contribution in [0.5, 0.6) is 0 Å². The SMILES string of the molecule is C=C[Si](C)(C)C=CP(=O)(O)O. The number of rotatable bonds is 3. The molecule has 0 bridgehead atoms. The van der Waals surface area contributed by atoms with Gasteiger partial charge in [-0.3, -0.25) is 4.57 Å². The molecule has 0 aliphatic rings. The third kappa shape index (κ3) is 6.25. The van der Waals surface area contributed by atoms with E-state index in [2.05, 4.69) is 6.58 Å². The zero-order chi connectivity index (χ0) is 9.12. The van der Waals surface area contributed by atoms with Gasteiger partial charge in [-0.05, 0) is 0 Å². The van der Waals surface area contributed by atoms with Gasteiger partial charge in [-0.2, -0.15) is 0 Å². The molecule has 0 saturated carbocycles. The van der Waals surface area contributed by atoms with E-state index in [1.165, 1.54) is 0 Å². The third-order valence-corrected chi connectivity index (χ3v) is 4.12. The summed E-state index contributed by atoms with van der Waals surface area (Å²) in [5, 5.41) is 0. The van der Waals surface area contributed by atoms with Crippen LogP contribution in [-0.2, 0) is 4.57 Å². The molecular formula is C6H13O3PSi. The first kappa shape index (κ1) is 10.8. The molecular weight excluding hydrogens is 179 g/mol. The first-order valence-electron chi connectivity index (χ1n) is 3.16. The van der Waals surface area contributed by atoms with E-state index in [1.807, 2.05) is 13.1 Å². The molecule has 0 spiro atoms. The van der Waals surface area contributed by atoms with Gasteiger partial charge in [0.1, 0.15) is 0 Å². The van der Waals surface area contributed by atoms with Crippen molar-refractivity contribution < 1.29 is 14.4 Å². The minimum Gasteiger partial charge on any atom is -0.321 e. The lowest BCUT2D eigenvalue weighted by Gasteiger charge is -2.09. The maximum absolute atomic E-state index is 10.4. The molecule has 0 aliphatic heterocycles. The lowest BCUT2D eigenvalue weighted by molar-refractivity contribution is 0.386. The van der Waals surface area contributed by atoms with Gasteiger partial charge in [-0.15, -0.1) is 6.58 Å². The maximum atomic E-state index is 10.4. The highest BCUT2D eigenvalue weighted by molar-refractivity contribution is 7.55. The van der Waals surface area contributed by atoms with Gasteiger partial charge in [-0.1, -0.05) is 24.5 Å². The molecule has 0 aliphatic carbocycles. The Kier molecular flexibility index (Phi) is 3.45. The Balaban J connectivity index is 4.37. The van der Waals surface area contributed by atoms with Crippen molar-refractivity contribution >= 4 is 15.7 Å². The molecule has 0 aromatic carbocycles. The van der Waals surface area contributed by atoms with Gasteiger partial charge in [-0.25, -0.2) is 0 Å². The van der Waals surface area contributed by atoms with Gasteiger partial charge in [0.05, 0.1) is 8.07 Å². The molecule has 64 valence electrons. The largest absolute Gasteiger partial charge is 0.348 e. The van der Waals surface area contributed by atoms with Gasteiger partial charge < -0.3 is 9.79 Å². The van der Waals surface area contributed by atoms with E-state index >= 15 is 0 Å². The van der Waals surface area contributed by atoms with Crippen LogP contribution in [0.1, 0.15) is 0 Å². The van der Waals surface area contributed by atoms with Crippen LogP contribution in [0.3, 0.4) is 0 Å². The molecule has 0 amide bonds. The Morgan fingerprint density at radius 3 is 2.18 bits per heavy atom. The molecule has 0 fully saturated rings. The molecule has 0 atom stereocenters. The van der Waals surface area contributed by atoms with Gasteiger partial charge in [0.15, 0.2) is 0 Å². The van der Waals surface area contributed by atoms with Crippen LogP contribution in [0.4, 0.5) is 0 Å². The fourth-order valence-electron chi connectivity index (χ4n) is 0.357. The third-order valence-electron chi connectivity index (χ3n) is 1.22. The predicted octanol–water partition coefficient (Wildman–Crippen LogP) is 1.65. The van der Waals surface area contributed by atoms with Crippen molar-refractivity contribution in [3.63, 3.8) is 0 Å². The Bertz CT molecular complexity index is 216. The van der Waals surface area contributed by atoms with Gasteiger partial charge in [0, 0.05) is 5.82 Å². The van der Waals surface area contributed by atoms with Crippen LogP contribution < -0.4 is 0 Å². The lowest BCUT2D eigenvalue weighted by atomic mass is 11.2. The summed E-state index contributed by atoms with van der Waals surface area (Å²) in [6.07, 6.45) is 0. The summed E-state index contributed by atoms with van der Waals surface area (Å²) in [5.41, 5.74) is 3.35. The summed E-state index contributed by atoms with van der Waals surface area (Å²) in [4.78, 5) is 17.0. The van der Waals surface area contributed by atoms with Crippen LogP contribution in [0.2, 0.25) is 13.1 Å². The van der Waals surface area contributed by atoms with E-state index in [-0.39, 0.29) is 0 Å². The Labute approximate surface area is 67.6 Å². The first-order chi connectivity index (χ1) is 4.77. The van der Waals surface area contributed by atoms with Crippen LogP contribution in [0, 0.1) is 0 Å². The van der Waals surface area contributed by atoms with Crippen molar-refractivity contribution in [3.8, 4) is 0 Å². The fourth-order valence-corrected chi connectivity index (χ4v) is 2.81. The van der Waals surface area contributed by atoms with Crippen LogP contribution in [0.25, 0.3) is 0 Å². The predicted molar refractivity (Wildman–Crippen MR) is 48.9 cm³/mol. The highest BCUT2D eigenvalue weighted by Crippen LogP contribution is 2.36. The van der Waals surface area contributed by atoms with Crippen LogP contribution >= 0.6 is 7.60 Å². The molecule has 11 heavy (non-hydrogen) atoms. The smallest absolute Gasteiger partial charge is 0.321 e. The first-order valence-corrected chi connectivity index (χ1v) is 8.00. The number of hydrogen-bond donors (Lipinski definition) is 2. The topological polar surface area (TPSA) is 57.5 Å². The second-order valence-electron chi connectivity index (χ2n) is 2.93. The van der Waals surface area contributed by atoms with E-state index in [0.29, 0.717) is 0 Å². The molecule has 2 N–H and O–H groups in total. The fraction of sp³-hybridized carbons (Fsp3) is 0.333. The highest BCUT2D eigenvalue weighted by Gasteiger charge is 2.14. The minimum absolute atomic E-state index is 0.959. The van der Waals surface area contributed by atoms with E-state index in [9.17, 15) is 4.57 Å². The van der Waals surface area contributed by atoms with Crippen molar-refractivity contribution in [1.82, 2.24) is 0 Å². The average Bonchev–Trinajstić information content (AvgIpc) is 1.83. The summed E-state index contributed by atoms with van der Waals surface area (Å²) in [5.74, 6) is 0.959. The van der Waals surface area contributed by atoms with E-state index in [4.69, 9.17) is 9.79 Å². The second kappa shape index (κ2) is 3.50. The standard InChI is InChI=1S/C6H13O3PSi/c1-4-11(2,3)6-5-10(7,8)9/h4-6H,1H2,2-3H3,(H2,7,8,9). The Morgan fingerprint density at radius 2 is 1.91 bits per heavy atom. The molecule has 5 heteroatoms. The van der Waals surface area contributed by atoms with Crippen molar-refractivity contribution in [2.75, 3.05) is 0 Å². The summed E-state index contributed by atoms with van der Waals surface area (Å²) in [6, 6.07) is 0. The molecule has 0 heterocycles. The molecule has 0 aromatic rings. The van der Waals surface area contributed by atoms with Gasteiger partial charge in [0.25, 0.3) is 0 Å². The molecule has 0 aromatic heterocycles. The Morgan fingerprint density at radius 1 is 1.45 bits per heavy atom. The van der Waals surface area contributed by atoms with E-state index < -0.39 is 15.7 Å². The van der Waals surface area contributed by atoms with Crippen LogP contribution in [0.15, 0.2) is 23.8 Å². The van der Waals surface area contributed by atoms with Crippen molar-refractivity contribution in [3.05, 3.63) is 23.8 Å². The molecule has 0 rings (SSSR count). The molecule has 0 radical (unpaired) electrons. The minimum atomic E-state index is -3.97. The number of hydrogen-bond acceptors (Lipinski definition) is 1. The summed E-state index contributed by atoms with van der Waals surface area (Å²) in [6.45, 7) is 7.49. The molecule has 0 unspecified atom stereocenters. The van der Waals surface area contributed by atoms with E-state index in [0.717, 1.165) is 5.82 Å². The average molecular weight is 192 g/mol. The summed E-state index contributed by atoms with van der Waals surface area (Å²) in [7, 11) is -5.66. The zero-order valence-corrected chi connectivity index (χ0v) is 8.58. The molecule has 3 nitrogen and oxygen atoms in total.